The summed E-state index contributed by atoms with van der Waals surface area (Å²) in [5.41, 5.74) is 3.66. The van der Waals surface area contributed by atoms with Crippen LogP contribution >= 0.6 is 15.9 Å². The predicted molar refractivity (Wildman–Crippen MR) is 69.9 cm³/mol. The Bertz CT molecular complexity index is 685. The molecular weight excluding hydrogens is 380 g/mol. The largest absolute Gasteiger partial charge is 0.448 e. The van der Waals surface area contributed by atoms with Gasteiger partial charge >= 0.3 is 6.18 Å². The third-order valence-corrected chi connectivity index (χ3v) is 3.16. The average molecular weight is 386 g/mol. The van der Waals surface area contributed by atoms with Crippen molar-refractivity contribution < 1.29 is 31.1 Å². The van der Waals surface area contributed by atoms with Gasteiger partial charge in [-0.1, -0.05) is 0 Å². The first-order valence-corrected chi connectivity index (χ1v) is 6.37. The molecule has 0 bridgehead atoms. The number of nitrogens with two attached hydrogens (primary N) is 1. The van der Waals surface area contributed by atoms with Gasteiger partial charge in [-0.05, 0) is 34.1 Å². The fourth-order valence-electron chi connectivity index (χ4n) is 1.61. The van der Waals surface area contributed by atoms with E-state index in [1.165, 1.54) is 0 Å². The van der Waals surface area contributed by atoms with E-state index in [-0.39, 0.29) is 28.0 Å². The van der Waals surface area contributed by atoms with Crippen molar-refractivity contribution in [2.45, 2.75) is 6.18 Å². The molecule has 0 radical (unpaired) electrons. The van der Waals surface area contributed by atoms with Gasteiger partial charge in [-0.2, -0.15) is 13.2 Å². The highest BCUT2D eigenvalue weighted by Crippen LogP contribution is 2.39. The second-order valence-corrected chi connectivity index (χ2v) is 5.03. The smallest absolute Gasteiger partial charge is 0.416 e. The second-order valence-electron chi connectivity index (χ2n) is 4.17. The van der Waals surface area contributed by atoms with Crippen molar-refractivity contribution in [3.63, 3.8) is 0 Å². The molecule has 0 saturated heterocycles. The van der Waals surface area contributed by atoms with Gasteiger partial charge in [0, 0.05) is 6.07 Å². The number of hydrogen-bond donors (Lipinski definition) is 1. The minimum absolute atomic E-state index is 0.0521. The van der Waals surface area contributed by atoms with Crippen LogP contribution in [-0.2, 0) is 6.18 Å². The van der Waals surface area contributed by atoms with E-state index in [1.54, 1.807) is 0 Å². The maximum atomic E-state index is 13.7. The zero-order valence-electron chi connectivity index (χ0n) is 10.4. The van der Waals surface area contributed by atoms with E-state index < -0.39 is 34.9 Å². The Labute approximate surface area is 128 Å². The minimum atomic E-state index is -4.91. The molecular formula is C13H6BrF6NO. The molecule has 2 N–H and O–H groups in total. The van der Waals surface area contributed by atoms with Crippen molar-refractivity contribution in [2.24, 2.45) is 0 Å². The standard InChI is InChI=1S/C13H6BrF6NO/c14-7-3-6(15)4-10(21)11(7)22-12-8(16)1-5(2-9(12)17)13(18,19)20/h1-4H,21H2. The van der Waals surface area contributed by atoms with E-state index in [2.05, 4.69) is 15.9 Å². The lowest BCUT2D eigenvalue weighted by atomic mass is 10.2. The number of rotatable bonds is 2. The summed E-state index contributed by atoms with van der Waals surface area (Å²) in [5.74, 6) is -5.26. The number of alkyl halides is 3. The number of halogens is 7. The van der Waals surface area contributed by atoms with E-state index in [4.69, 9.17) is 10.5 Å². The van der Waals surface area contributed by atoms with Gasteiger partial charge in [0.15, 0.2) is 23.1 Å². The van der Waals surface area contributed by atoms with Gasteiger partial charge in [-0.3, -0.25) is 0 Å². The van der Waals surface area contributed by atoms with Crippen molar-refractivity contribution in [3.8, 4) is 11.5 Å². The number of nitrogen functional groups attached to an aromatic ring is 1. The zero-order valence-corrected chi connectivity index (χ0v) is 12.0. The predicted octanol–water partition coefficient (Wildman–Crippen LogP) is 5.26. The molecule has 22 heavy (non-hydrogen) atoms. The van der Waals surface area contributed by atoms with Gasteiger partial charge in [0.2, 0.25) is 0 Å². The van der Waals surface area contributed by atoms with Gasteiger partial charge in [0.05, 0.1) is 15.7 Å². The molecule has 0 heterocycles. The highest BCUT2D eigenvalue weighted by Gasteiger charge is 2.33. The molecule has 0 saturated carbocycles. The Morgan fingerprint density at radius 3 is 1.91 bits per heavy atom. The molecule has 0 aliphatic carbocycles. The number of ether oxygens (including phenoxy) is 1. The van der Waals surface area contributed by atoms with Crippen LogP contribution in [0.5, 0.6) is 11.5 Å². The van der Waals surface area contributed by atoms with Crippen molar-refractivity contribution >= 4 is 21.6 Å². The first kappa shape index (κ1) is 16.5. The maximum Gasteiger partial charge on any atom is 0.416 e. The minimum Gasteiger partial charge on any atom is -0.448 e. The van der Waals surface area contributed by atoms with Crippen molar-refractivity contribution in [1.82, 2.24) is 0 Å². The van der Waals surface area contributed by atoms with Crippen LogP contribution in [0.25, 0.3) is 0 Å². The lowest BCUT2D eigenvalue weighted by molar-refractivity contribution is -0.138. The molecule has 9 heteroatoms. The Morgan fingerprint density at radius 2 is 1.45 bits per heavy atom. The average Bonchev–Trinajstić information content (AvgIpc) is 2.34. The van der Waals surface area contributed by atoms with Crippen molar-refractivity contribution in [3.05, 3.63) is 51.8 Å². The number of anilines is 1. The SMILES string of the molecule is Nc1cc(F)cc(Br)c1Oc1c(F)cc(C(F)(F)F)cc1F. The van der Waals surface area contributed by atoms with Crippen LogP contribution in [0.1, 0.15) is 5.56 Å². The molecule has 0 atom stereocenters. The first-order valence-electron chi connectivity index (χ1n) is 5.58. The highest BCUT2D eigenvalue weighted by molar-refractivity contribution is 9.10. The molecule has 0 aliphatic rings. The van der Waals surface area contributed by atoms with Crippen LogP contribution < -0.4 is 10.5 Å². The van der Waals surface area contributed by atoms with Gasteiger partial charge in [0.25, 0.3) is 0 Å². The highest BCUT2D eigenvalue weighted by atomic mass is 79.9. The molecule has 0 aliphatic heterocycles. The first-order chi connectivity index (χ1) is 10.1. The Balaban J connectivity index is 2.48. The van der Waals surface area contributed by atoms with Crippen LogP contribution in [0.4, 0.5) is 32.0 Å². The monoisotopic (exact) mass is 385 g/mol. The summed E-state index contributed by atoms with van der Waals surface area (Å²) >= 11 is 2.88. The molecule has 2 aromatic rings. The Morgan fingerprint density at radius 1 is 0.909 bits per heavy atom. The van der Waals surface area contributed by atoms with Gasteiger partial charge in [-0.25, -0.2) is 13.2 Å². The van der Waals surface area contributed by atoms with Crippen LogP contribution in [-0.4, -0.2) is 0 Å². The summed E-state index contributed by atoms with van der Waals surface area (Å²) in [4.78, 5) is 0. The van der Waals surface area contributed by atoms with Crippen LogP contribution in [0.2, 0.25) is 0 Å². The van der Waals surface area contributed by atoms with Gasteiger partial charge in [0.1, 0.15) is 5.82 Å². The molecule has 0 amide bonds. The Hall–Kier alpha value is -1.90. The summed E-state index contributed by atoms with van der Waals surface area (Å²) in [6, 6.07) is 1.93. The summed E-state index contributed by atoms with van der Waals surface area (Å²) in [5, 5.41) is 0. The topological polar surface area (TPSA) is 35.2 Å². The van der Waals surface area contributed by atoms with Crippen molar-refractivity contribution in [2.75, 3.05) is 5.73 Å². The van der Waals surface area contributed by atoms with E-state index in [9.17, 15) is 26.3 Å². The third-order valence-electron chi connectivity index (χ3n) is 2.57. The summed E-state index contributed by atoms with van der Waals surface area (Å²) in [6.45, 7) is 0. The fraction of sp³-hybridized carbons (Fsp3) is 0.0769. The van der Waals surface area contributed by atoms with Crippen LogP contribution in [0, 0.1) is 17.5 Å². The number of benzene rings is 2. The van der Waals surface area contributed by atoms with E-state index in [0.29, 0.717) is 0 Å². The molecule has 118 valence electrons. The normalized spacial score (nSPS) is 11.6. The molecule has 2 aromatic carbocycles. The van der Waals surface area contributed by atoms with Crippen molar-refractivity contribution in [1.29, 1.82) is 0 Å². The lowest BCUT2D eigenvalue weighted by Gasteiger charge is -2.14. The lowest BCUT2D eigenvalue weighted by Crippen LogP contribution is -2.07. The van der Waals surface area contributed by atoms with Gasteiger partial charge in [-0.15, -0.1) is 0 Å². The second kappa shape index (κ2) is 5.71. The molecule has 0 unspecified atom stereocenters. The summed E-state index contributed by atoms with van der Waals surface area (Å²) in [6.07, 6.45) is -4.91. The van der Waals surface area contributed by atoms with Crippen LogP contribution in [0.3, 0.4) is 0 Å². The molecule has 0 spiro atoms. The molecule has 0 aromatic heterocycles. The van der Waals surface area contributed by atoms with E-state index in [0.717, 1.165) is 12.1 Å². The maximum absolute atomic E-state index is 13.7. The quantitative estimate of drug-likeness (QED) is 0.565. The molecule has 2 nitrogen and oxygen atoms in total. The Kier molecular flexibility index (Phi) is 4.28. The van der Waals surface area contributed by atoms with Crippen LogP contribution in [0.15, 0.2) is 28.7 Å². The zero-order chi connectivity index (χ0) is 16.7. The fourth-order valence-corrected chi connectivity index (χ4v) is 2.14. The molecule has 0 fully saturated rings. The van der Waals surface area contributed by atoms with E-state index in [1.807, 2.05) is 0 Å². The number of hydrogen-bond acceptors (Lipinski definition) is 2. The van der Waals surface area contributed by atoms with Gasteiger partial charge < -0.3 is 10.5 Å². The summed E-state index contributed by atoms with van der Waals surface area (Å²) < 4.78 is 82.5. The summed E-state index contributed by atoms with van der Waals surface area (Å²) in [7, 11) is 0. The third kappa shape index (κ3) is 3.29. The molecule has 2 rings (SSSR count). The van der Waals surface area contributed by atoms with E-state index >= 15 is 0 Å².